The first-order chi connectivity index (χ1) is 10.6. The summed E-state index contributed by atoms with van der Waals surface area (Å²) in [5.41, 5.74) is 6.51. The minimum atomic E-state index is -0.0547. The van der Waals surface area contributed by atoms with Crippen molar-refractivity contribution in [1.29, 1.82) is 0 Å². The van der Waals surface area contributed by atoms with Crippen LogP contribution in [0.5, 0.6) is 5.75 Å². The topological polar surface area (TPSA) is 67.6 Å². The molecule has 0 bridgehead atoms. The highest BCUT2D eigenvalue weighted by Gasteiger charge is 2.21. The van der Waals surface area contributed by atoms with Gasteiger partial charge in [0.05, 0.1) is 5.56 Å². The summed E-state index contributed by atoms with van der Waals surface area (Å²) in [7, 11) is 3.99. The molecule has 0 aliphatic heterocycles. The van der Waals surface area contributed by atoms with Crippen LogP contribution in [0.1, 0.15) is 36.0 Å². The van der Waals surface area contributed by atoms with E-state index in [1.165, 1.54) is 0 Å². The van der Waals surface area contributed by atoms with Gasteiger partial charge in [-0.05, 0) is 51.9 Å². The number of nitrogens with two attached hydrogens (primary N) is 1. The standard InChI is InChI=1S/C17H27N3O2.2ClH/c1-20(2)11-12-22-16-6-4-3-5-15(16)17(21)19-14-9-7-13(18)8-10-14;;/h3-6,13-14H,7-12,18H2,1-2H3,(H,19,21);2*1H. The first kappa shape index (κ1) is 23.0. The highest BCUT2D eigenvalue weighted by molar-refractivity contribution is 5.97. The molecule has 0 saturated heterocycles. The van der Waals surface area contributed by atoms with Crippen LogP contribution >= 0.6 is 24.8 Å². The summed E-state index contributed by atoms with van der Waals surface area (Å²) >= 11 is 0. The number of ether oxygens (including phenoxy) is 1. The molecule has 1 saturated carbocycles. The van der Waals surface area contributed by atoms with Crippen molar-refractivity contribution in [3.05, 3.63) is 29.8 Å². The minimum absolute atomic E-state index is 0. The highest BCUT2D eigenvalue weighted by atomic mass is 35.5. The zero-order chi connectivity index (χ0) is 15.9. The van der Waals surface area contributed by atoms with Gasteiger partial charge in [0.2, 0.25) is 0 Å². The second kappa shape index (κ2) is 11.5. The Balaban J connectivity index is 0.00000264. The van der Waals surface area contributed by atoms with Crippen molar-refractivity contribution in [3.63, 3.8) is 0 Å². The molecule has 3 N–H and O–H groups in total. The van der Waals surface area contributed by atoms with E-state index in [-0.39, 0.29) is 42.8 Å². The third-order valence-corrected chi connectivity index (χ3v) is 4.03. The number of benzene rings is 1. The number of hydrogen-bond acceptors (Lipinski definition) is 4. The Morgan fingerprint density at radius 1 is 1.21 bits per heavy atom. The van der Waals surface area contributed by atoms with E-state index in [1.807, 2.05) is 43.3 Å². The van der Waals surface area contributed by atoms with Crippen molar-refractivity contribution in [1.82, 2.24) is 10.2 Å². The zero-order valence-electron chi connectivity index (χ0n) is 14.4. The fraction of sp³-hybridized carbons (Fsp3) is 0.588. The maximum absolute atomic E-state index is 12.5. The molecule has 7 heteroatoms. The lowest BCUT2D eigenvalue weighted by atomic mass is 9.91. The first-order valence-electron chi connectivity index (χ1n) is 7.99. The van der Waals surface area contributed by atoms with E-state index in [1.54, 1.807) is 0 Å². The van der Waals surface area contributed by atoms with E-state index < -0.39 is 0 Å². The van der Waals surface area contributed by atoms with Crippen LogP contribution in [0.3, 0.4) is 0 Å². The van der Waals surface area contributed by atoms with E-state index >= 15 is 0 Å². The molecule has 0 atom stereocenters. The first-order valence-corrected chi connectivity index (χ1v) is 7.99. The molecule has 1 aliphatic carbocycles. The number of amides is 1. The Morgan fingerprint density at radius 2 is 1.83 bits per heavy atom. The maximum atomic E-state index is 12.5. The number of hydrogen-bond donors (Lipinski definition) is 2. The van der Waals surface area contributed by atoms with Gasteiger partial charge in [-0.2, -0.15) is 0 Å². The average molecular weight is 378 g/mol. The van der Waals surface area contributed by atoms with Crippen LogP contribution in [0.15, 0.2) is 24.3 Å². The molecule has 1 fully saturated rings. The molecule has 1 aliphatic rings. The quantitative estimate of drug-likeness (QED) is 0.798. The predicted octanol–water partition coefficient (Wildman–Crippen LogP) is 2.47. The fourth-order valence-electron chi connectivity index (χ4n) is 2.64. The van der Waals surface area contributed by atoms with Crippen LogP contribution in [-0.2, 0) is 0 Å². The van der Waals surface area contributed by atoms with Crippen LogP contribution in [0.25, 0.3) is 0 Å². The smallest absolute Gasteiger partial charge is 0.255 e. The summed E-state index contributed by atoms with van der Waals surface area (Å²) in [4.78, 5) is 14.5. The SMILES string of the molecule is CN(C)CCOc1ccccc1C(=O)NC1CCC(N)CC1.Cl.Cl. The van der Waals surface area contributed by atoms with Crippen LogP contribution in [0.2, 0.25) is 0 Å². The van der Waals surface area contributed by atoms with E-state index in [2.05, 4.69) is 5.32 Å². The zero-order valence-corrected chi connectivity index (χ0v) is 16.0. The lowest BCUT2D eigenvalue weighted by molar-refractivity contribution is 0.0921. The van der Waals surface area contributed by atoms with Crippen LogP contribution < -0.4 is 15.8 Å². The summed E-state index contributed by atoms with van der Waals surface area (Å²) in [6, 6.07) is 7.93. The van der Waals surface area contributed by atoms with Gasteiger partial charge in [0, 0.05) is 18.6 Å². The minimum Gasteiger partial charge on any atom is -0.491 e. The van der Waals surface area contributed by atoms with Gasteiger partial charge in [0.1, 0.15) is 12.4 Å². The molecule has 0 heterocycles. The third kappa shape index (κ3) is 7.26. The predicted molar refractivity (Wildman–Crippen MR) is 103 cm³/mol. The molecule has 0 radical (unpaired) electrons. The van der Waals surface area contributed by atoms with E-state index in [0.29, 0.717) is 17.9 Å². The molecular formula is C17H29Cl2N3O2. The van der Waals surface area contributed by atoms with Gasteiger partial charge in [-0.25, -0.2) is 0 Å². The number of para-hydroxylation sites is 1. The van der Waals surface area contributed by atoms with Crippen LogP contribution in [0, 0.1) is 0 Å². The molecule has 2 rings (SSSR count). The molecule has 138 valence electrons. The van der Waals surface area contributed by atoms with Crippen molar-refractivity contribution in [2.24, 2.45) is 5.73 Å². The summed E-state index contributed by atoms with van der Waals surface area (Å²) < 4.78 is 5.75. The number of rotatable bonds is 6. The van der Waals surface area contributed by atoms with E-state index in [9.17, 15) is 4.79 Å². The van der Waals surface area contributed by atoms with Crippen LogP contribution in [0.4, 0.5) is 0 Å². The maximum Gasteiger partial charge on any atom is 0.255 e. The summed E-state index contributed by atoms with van der Waals surface area (Å²) in [6.45, 7) is 1.38. The fourth-order valence-corrected chi connectivity index (χ4v) is 2.64. The van der Waals surface area contributed by atoms with Gasteiger partial charge in [-0.15, -0.1) is 24.8 Å². The normalized spacial score (nSPS) is 19.8. The number of nitrogens with one attached hydrogen (secondary N) is 1. The second-order valence-corrected chi connectivity index (χ2v) is 6.23. The second-order valence-electron chi connectivity index (χ2n) is 6.23. The lowest BCUT2D eigenvalue weighted by Gasteiger charge is -2.27. The molecule has 1 aromatic rings. The van der Waals surface area contributed by atoms with Crippen molar-refractivity contribution in [2.45, 2.75) is 37.8 Å². The van der Waals surface area contributed by atoms with Gasteiger partial charge in [0.25, 0.3) is 5.91 Å². The number of carbonyl (C=O) groups excluding carboxylic acids is 1. The van der Waals surface area contributed by atoms with Crippen molar-refractivity contribution in [3.8, 4) is 5.75 Å². The lowest BCUT2D eigenvalue weighted by Crippen LogP contribution is -2.40. The van der Waals surface area contributed by atoms with Crippen LogP contribution in [-0.4, -0.2) is 50.1 Å². The van der Waals surface area contributed by atoms with Gasteiger partial charge in [-0.1, -0.05) is 12.1 Å². The molecule has 24 heavy (non-hydrogen) atoms. The molecular weight excluding hydrogens is 349 g/mol. The third-order valence-electron chi connectivity index (χ3n) is 4.03. The highest BCUT2D eigenvalue weighted by Crippen LogP contribution is 2.21. The Morgan fingerprint density at radius 3 is 2.46 bits per heavy atom. The number of carbonyl (C=O) groups is 1. The average Bonchev–Trinajstić information content (AvgIpc) is 2.49. The molecule has 1 amide bonds. The van der Waals surface area contributed by atoms with Gasteiger partial charge < -0.3 is 20.7 Å². The number of likely N-dealkylation sites (N-methyl/N-ethyl adjacent to an activating group) is 1. The monoisotopic (exact) mass is 377 g/mol. The largest absolute Gasteiger partial charge is 0.491 e. The molecule has 5 nitrogen and oxygen atoms in total. The van der Waals surface area contributed by atoms with Gasteiger partial charge in [-0.3, -0.25) is 4.79 Å². The Hall–Kier alpha value is -1.01. The summed E-state index contributed by atoms with van der Waals surface area (Å²) in [5, 5.41) is 3.11. The summed E-state index contributed by atoms with van der Waals surface area (Å²) in [5.74, 6) is 0.593. The Bertz CT molecular complexity index is 492. The Kier molecular flexibility index (Phi) is 11.0. The summed E-state index contributed by atoms with van der Waals surface area (Å²) in [6.07, 6.45) is 3.87. The molecule has 0 unspecified atom stereocenters. The van der Waals surface area contributed by atoms with Gasteiger partial charge >= 0.3 is 0 Å². The van der Waals surface area contributed by atoms with Crippen molar-refractivity contribution < 1.29 is 9.53 Å². The molecule has 0 aromatic heterocycles. The Labute approximate surface area is 157 Å². The van der Waals surface area contributed by atoms with Crippen molar-refractivity contribution in [2.75, 3.05) is 27.2 Å². The van der Waals surface area contributed by atoms with E-state index in [0.717, 1.165) is 32.2 Å². The molecule has 1 aromatic carbocycles. The molecule has 0 spiro atoms. The van der Waals surface area contributed by atoms with Crippen molar-refractivity contribution >= 4 is 30.7 Å². The number of halogens is 2. The van der Waals surface area contributed by atoms with Gasteiger partial charge in [0.15, 0.2) is 0 Å². The number of nitrogens with zero attached hydrogens (tertiary/aromatic N) is 1. The van der Waals surface area contributed by atoms with E-state index in [4.69, 9.17) is 10.5 Å².